The molecule has 1 N–H and O–H groups in total. The van der Waals surface area contributed by atoms with Crippen molar-refractivity contribution in [2.24, 2.45) is 0 Å². The van der Waals surface area contributed by atoms with Crippen LogP contribution in [0.2, 0.25) is 0 Å². The van der Waals surface area contributed by atoms with Gasteiger partial charge in [0, 0.05) is 12.1 Å². The normalized spacial score (nSPS) is 11.6. The zero-order valence-corrected chi connectivity index (χ0v) is 22.9. The fraction of sp³-hybridized carbons (Fsp3) is 0.400. The number of nitrogens with zero attached hydrogens (tertiary/aromatic N) is 6. The SMILES string of the molecule is Cc1ccc([N+](=O)[O-])c(Nc2ncc(F)c(N(C(=O)OC(C)(C)C)c3cc(C)n(C(=O)OC(C)(C)C)n3)n2)c1. The zero-order valence-electron chi connectivity index (χ0n) is 22.9. The zero-order chi connectivity index (χ0) is 29.3. The average Bonchev–Trinajstić information content (AvgIpc) is 3.14. The van der Waals surface area contributed by atoms with Gasteiger partial charge in [-0.05, 0) is 67.0 Å². The van der Waals surface area contributed by atoms with E-state index in [2.05, 4.69) is 20.4 Å². The Hall–Kier alpha value is -4.62. The van der Waals surface area contributed by atoms with Crippen molar-refractivity contribution >= 4 is 41.1 Å². The van der Waals surface area contributed by atoms with Crippen LogP contribution in [0.15, 0.2) is 30.5 Å². The molecule has 0 atom stereocenters. The van der Waals surface area contributed by atoms with Crippen molar-refractivity contribution < 1.29 is 28.4 Å². The minimum absolute atomic E-state index is 0.0615. The number of aryl methyl sites for hydroxylation is 2. The second kappa shape index (κ2) is 10.6. The van der Waals surface area contributed by atoms with Crippen molar-refractivity contribution in [3.63, 3.8) is 0 Å². The lowest BCUT2D eigenvalue weighted by Crippen LogP contribution is -2.35. The number of hydrogen-bond donors (Lipinski definition) is 1. The average molecular weight is 544 g/mol. The predicted molar refractivity (Wildman–Crippen MR) is 140 cm³/mol. The third-order valence-electron chi connectivity index (χ3n) is 4.78. The molecular formula is C25H30FN7O6. The Kier molecular flexibility index (Phi) is 7.89. The molecule has 208 valence electrons. The van der Waals surface area contributed by atoms with Crippen LogP contribution in [-0.2, 0) is 9.47 Å². The predicted octanol–water partition coefficient (Wildman–Crippen LogP) is 5.94. The topological polar surface area (TPSA) is 155 Å². The van der Waals surface area contributed by atoms with Crippen LogP contribution >= 0.6 is 0 Å². The summed E-state index contributed by atoms with van der Waals surface area (Å²) in [4.78, 5) is 45.6. The quantitative estimate of drug-likeness (QED) is 0.302. The molecule has 1 amide bonds. The highest BCUT2D eigenvalue weighted by atomic mass is 19.1. The van der Waals surface area contributed by atoms with E-state index in [4.69, 9.17) is 9.47 Å². The molecule has 0 unspecified atom stereocenters. The summed E-state index contributed by atoms with van der Waals surface area (Å²) in [6, 6.07) is 5.73. The fourth-order valence-corrected chi connectivity index (χ4v) is 3.26. The van der Waals surface area contributed by atoms with E-state index >= 15 is 4.39 Å². The summed E-state index contributed by atoms with van der Waals surface area (Å²) in [6.45, 7) is 13.2. The van der Waals surface area contributed by atoms with E-state index < -0.39 is 39.9 Å². The van der Waals surface area contributed by atoms with E-state index in [0.717, 1.165) is 15.8 Å². The molecule has 0 aliphatic heterocycles. The minimum Gasteiger partial charge on any atom is -0.443 e. The highest BCUT2D eigenvalue weighted by Crippen LogP contribution is 2.31. The highest BCUT2D eigenvalue weighted by Gasteiger charge is 2.32. The molecule has 0 saturated heterocycles. The molecule has 0 spiro atoms. The molecule has 2 aromatic heterocycles. The van der Waals surface area contributed by atoms with Gasteiger partial charge in [0.05, 0.1) is 16.8 Å². The molecule has 0 saturated carbocycles. The van der Waals surface area contributed by atoms with Crippen molar-refractivity contribution in [1.29, 1.82) is 0 Å². The van der Waals surface area contributed by atoms with Gasteiger partial charge in [-0.1, -0.05) is 6.07 Å². The number of hydrogen-bond acceptors (Lipinski definition) is 10. The number of benzene rings is 1. The number of nitro groups is 1. The highest BCUT2D eigenvalue weighted by molar-refractivity contribution is 5.94. The maximum atomic E-state index is 15.2. The smallest absolute Gasteiger partial charge is 0.435 e. The van der Waals surface area contributed by atoms with Gasteiger partial charge in [0.25, 0.3) is 5.69 Å². The molecule has 0 radical (unpaired) electrons. The summed E-state index contributed by atoms with van der Waals surface area (Å²) < 4.78 is 26.9. The molecule has 0 aliphatic rings. The van der Waals surface area contributed by atoms with Crippen molar-refractivity contribution in [2.45, 2.75) is 66.6 Å². The number of anilines is 4. The van der Waals surface area contributed by atoms with Crippen LogP contribution in [0.1, 0.15) is 52.8 Å². The Bertz CT molecular complexity index is 1430. The molecule has 39 heavy (non-hydrogen) atoms. The minimum atomic E-state index is -1.04. The molecule has 14 heteroatoms. The summed E-state index contributed by atoms with van der Waals surface area (Å²) >= 11 is 0. The lowest BCUT2D eigenvalue weighted by atomic mass is 10.2. The van der Waals surface area contributed by atoms with Gasteiger partial charge in [-0.3, -0.25) is 10.1 Å². The Labute approximate surface area is 224 Å². The Morgan fingerprint density at radius 1 is 1.08 bits per heavy atom. The largest absolute Gasteiger partial charge is 0.443 e. The number of carbonyl (C=O) groups is 2. The molecule has 3 aromatic rings. The van der Waals surface area contributed by atoms with Gasteiger partial charge in [0.15, 0.2) is 17.5 Å². The fourth-order valence-electron chi connectivity index (χ4n) is 3.26. The summed E-state index contributed by atoms with van der Waals surface area (Å²) in [5, 5.41) is 18.3. The van der Waals surface area contributed by atoms with E-state index in [9.17, 15) is 19.7 Å². The van der Waals surface area contributed by atoms with E-state index in [0.29, 0.717) is 5.56 Å². The van der Waals surface area contributed by atoms with Crippen molar-refractivity contribution in [3.05, 3.63) is 57.7 Å². The number of amides is 1. The van der Waals surface area contributed by atoms with Crippen molar-refractivity contribution in [1.82, 2.24) is 19.7 Å². The summed E-state index contributed by atoms with van der Waals surface area (Å²) in [5.41, 5.74) is -1.000. The van der Waals surface area contributed by atoms with Crippen LogP contribution in [0.4, 0.5) is 42.9 Å². The van der Waals surface area contributed by atoms with Crippen molar-refractivity contribution in [3.8, 4) is 0 Å². The molecule has 0 bridgehead atoms. The Balaban J connectivity index is 2.11. The monoisotopic (exact) mass is 543 g/mol. The van der Waals surface area contributed by atoms with Crippen LogP contribution in [-0.4, -0.2) is 48.1 Å². The molecule has 2 heterocycles. The summed E-state index contributed by atoms with van der Waals surface area (Å²) in [5.74, 6) is -2.00. The molecule has 0 aliphatic carbocycles. The lowest BCUT2D eigenvalue weighted by Gasteiger charge is -2.25. The van der Waals surface area contributed by atoms with Gasteiger partial charge < -0.3 is 14.8 Å². The molecule has 0 fully saturated rings. The second-order valence-corrected chi connectivity index (χ2v) is 10.6. The Morgan fingerprint density at radius 3 is 2.31 bits per heavy atom. The van der Waals surface area contributed by atoms with Gasteiger partial charge in [-0.2, -0.15) is 9.67 Å². The first-order valence-corrected chi connectivity index (χ1v) is 11.8. The maximum Gasteiger partial charge on any atom is 0.435 e. The van der Waals surface area contributed by atoms with Gasteiger partial charge in [-0.25, -0.2) is 23.9 Å². The summed E-state index contributed by atoms with van der Waals surface area (Å²) in [6.07, 6.45) is -1.06. The third kappa shape index (κ3) is 7.24. The number of nitro benzene ring substituents is 1. The van der Waals surface area contributed by atoms with E-state index in [1.54, 1.807) is 61.5 Å². The lowest BCUT2D eigenvalue weighted by molar-refractivity contribution is -0.383. The third-order valence-corrected chi connectivity index (χ3v) is 4.78. The van der Waals surface area contributed by atoms with Gasteiger partial charge in [-0.15, -0.1) is 5.10 Å². The molecule has 1 aromatic carbocycles. The Morgan fingerprint density at radius 2 is 1.72 bits per heavy atom. The van der Waals surface area contributed by atoms with E-state index in [1.807, 2.05) is 0 Å². The van der Waals surface area contributed by atoms with Crippen LogP contribution in [0.3, 0.4) is 0 Å². The standard InChI is InChI=1S/C25H30FN7O6/c1-14-9-10-18(33(36)37)17(11-14)28-21-27-13-16(26)20(29-21)31(22(34)38-24(3,4)5)19-12-15(2)32(30-19)23(35)39-25(6,7)8/h9-13H,1-8H3,(H,27,28,29). The number of rotatable bonds is 5. The number of ether oxygens (including phenoxy) is 2. The first kappa shape index (κ1) is 28.9. The van der Waals surface area contributed by atoms with Crippen LogP contribution in [0.5, 0.6) is 0 Å². The van der Waals surface area contributed by atoms with Crippen LogP contribution in [0.25, 0.3) is 0 Å². The van der Waals surface area contributed by atoms with Crippen LogP contribution in [0, 0.1) is 29.8 Å². The maximum absolute atomic E-state index is 15.2. The molecule has 13 nitrogen and oxygen atoms in total. The van der Waals surface area contributed by atoms with E-state index in [-0.39, 0.29) is 28.8 Å². The van der Waals surface area contributed by atoms with E-state index in [1.165, 1.54) is 18.2 Å². The van der Waals surface area contributed by atoms with Gasteiger partial charge in [0.1, 0.15) is 16.9 Å². The molecular weight excluding hydrogens is 513 g/mol. The van der Waals surface area contributed by atoms with Gasteiger partial charge in [0.2, 0.25) is 5.95 Å². The number of carbonyl (C=O) groups excluding carboxylic acids is 2. The number of halogens is 1. The van der Waals surface area contributed by atoms with Gasteiger partial charge >= 0.3 is 12.2 Å². The van der Waals surface area contributed by atoms with Crippen LogP contribution < -0.4 is 10.2 Å². The molecule has 3 rings (SSSR count). The van der Waals surface area contributed by atoms with Crippen molar-refractivity contribution in [2.75, 3.05) is 10.2 Å². The number of aromatic nitrogens is 4. The second-order valence-electron chi connectivity index (χ2n) is 10.6. The first-order chi connectivity index (χ1) is 17.9. The first-order valence-electron chi connectivity index (χ1n) is 11.8. The summed E-state index contributed by atoms with van der Waals surface area (Å²) in [7, 11) is 0. The number of nitrogens with one attached hydrogen (secondary N) is 1.